The first-order valence-electron chi connectivity index (χ1n) is 8.15. The number of rotatable bonds is 6. The summed E-state index contributed by atoms with van der Waals surface area (Å²) in [6.07, 6.45) is 2.73. The Bertz CT molecular complexity index is 800. The Morgan fingerprint density at radius 3 is 2.38 bits per heavy atom. The topological polar surface area (TPSA) is 24.9 Å². The van der Waals surface area contributed by atoms with E-state index in [0.29, 0.717) is 11.7 Å². The first-order chi connectivity index (χ1) is 11.7. The summed E-state index contributed by atoms with van der Waals surface area (Å²) in [5.74, 6) is 0. The summed E-state index contributed by atoms with van der Waals surface area (Å²) in [6, 6.07) is 21.0. The number of hydrogen-bond donors (Lipinski definition) is 1. The van der Waals surface area contributed by atoms with E-state index < -0.39 is 0 Å². The highest BCUT2D eigenvalue weighted by atomic mass is 35.5. The fourth-order valence-corrected chi connectivity index (χ4v) is 2.91. The van der Waals surface area contributed by atoms with E-state index in [-0.39, 0.29) is 0 Å². The summed E-state index contributed by atoms with van der Waals surface area (Å²) in [6.45, 7) is 3.67. The molecule has 0 amide bonds. The maximum absolute atomic E-state index is 6.26. The van der Waals surface area contributed by atoms with Crippen molar-refractivity contribution in [2.75, 3.05) is 0 Å². The number of nitrogens with one attached hydrogen (secondary N) is 1. The van der Waals surface area contributed by atoms with Crippen molar-refractivity contribution < 1.29 is 0 Å². The van der Waals surface area contributed by atoms with Crippen molar-refractivity contribution in [1.29, 1.82) is 0 Å². The van der Waals surface area contributed by atoms with E-state index >= 15 is 0 Å². The third-order valence-corrected chi connectivity index (χ3v) is 4.45. The van der Waals surface area contributed by atoms with E-state index in [1.54, 1.807) is 0 Å². The minimum absolute atomic E-state index is 0.573. The van der Waals surface area contributed by atoms with Crippen LogP contribution in [0.1, 0.15) is 27.8 Å². The lowest BCUT2D eigenvalue weighted by atomic mass is 10.1. The molecule has 3 aromatic rings. The van der Waals surface area contributed by atoms with E-state index in [2.05, 4.69) is 71.8 Å². The number of hydrogen-bond acceptors (Lipinski definition) is 2. The van der Waals surface area contributed by atoms with Crippen molar-refractivity contribution in [2.24, 2.45) is 0 Å². The van der Waals surface area contributed by atoms with Crippen molar-refractivity contribution in [3.63, 3.8) is 0 Å². The number of aromatic nitrogens is 1. The van der Waals surface area contributed by atoms with E-state index in [9.17, 15) is 0 Å². The van der Waals surface area contributed by atoms with Crippen molar-refractivity contribution in [3.05, 3.63) is 99.8 Å². The second-order valence-electron chi connectivity index (χ2n) is 5.99. The fraction of sp³-hybridized carbons (Fsp3) is 0.190. The largest absolute Gasteiger partial charge is 0.308 e. The van der Waals surface area contributed by atoms with Gasteiger partial charge in [-0.25, -0.2) is 4.98 Å². The highest BCUT2D eigenvalue weighted by Crippen LogP contribution is 2.17. The predicted molar refractivity (Wildman–Crippen MR) is 100 cm³/mol. The Labute approximate surface area is 148 Å². The van der Waals surface area contributed by atoms with Gasteiger partial charge in [0.05, 0.1) is 0 Å². The van der Waals surface area contributed by atoms with Crippen molar-refractivity contribution in [1.82, 2.24) is 10.3 Å². The van der Waals surface area contributed by atoms with E-state index in [4.69, 9.17) is 11.6 Å². The smallest absolute Gasteiger partial charge is 0.133 e. The number of nitrogens with zero attached hydrogens (tertiary/aromatic N) is 1. The van der Waals surface area contributed by atoms with E-state index in [0.717, 1.165) is 18.5 Å². The number of halogens is 1. The minimum Gasteiger partial charge on any atom is -0.308 e. The van der Waals surface area contributed by atoms with Crippen LogP contribution in [0.2, 0.25) is 5.15 Å². The Hall–Kier alpha value is -2.16. The molecule has 1 aromatic heterocycles. The van der Waals surface area contributed by atoms with Gasteiger partial charge in [-0.3, -0.25) is 0 Å². The lowest BCUT2D eigenvalue weighted by Crippen LogP contribution is -2.14. The van der Waals surface area contributed by atoms with Gasteiger partial charge in [0.2, 0.25) is 0 Å². The molecule has 0 saturated carbocycles. The maximum atomic E-state index is 6.26. The van der Waals surface area contributed by atoms with Crippen LogP contribution in [-0.2, 0) is 19.5 Å². The second kappa shape index (κ2) is 8.09. The van der Waals surface area contributed by atoms with Gasteiger partial charge in [-0.2, -0.15) is 0 Å². The Kier molecular flexibility index (Phi) is 5.63. The molecule has 0 aliphatic carbocycles. The molecule has 0 radical (unpaired) electrons. The zero-order valence-electron chi connectivity index (χ0n) is 13.8. The van der Waals surface area contributed by atoms with Crippen LogP contribution in [0.15, 0.2) is 66.9 Å². The van der Waals surface area contributed by atoms with Crippen LogP contribution in [-0.4, -0.2) is 4.98 Å². The maximum Gasteiger partial charge on any atom is 0.133 e. The first-order valence-corrected chi connectivity index (χ1v) is 8.52. The zero-order valence-corrected chi connectivity index (χ0v) is 14.6. The summed E-state index contributed by atoms with van der Waals surface area (Å²) in [5.41, 5.74) is 6.10. The Morgan fingerprint density at radius 1 is 0.875 bits per heavy atom. The molecule has 0 atom stereocenters. The van der Waals surface area contributed by atoms with Gasteiger partial charge in [0.15, 0.2) is 0 Å². The molecule has 1 N–H and O–H groups in total. The lowest BCUT2D eigenvalue weighted by Gasteiger charge is -2.10. The Balaban J connectivity index is 1.65. The lowest BCUT2D eigenvalue weighted by molar-refractivity contribution is 0.688. The van der Waals surface area contributed by atoms with E-state index in [1.807, 2.05) is 12.3 Å². The van der Waals surface area contributed by atoms with Crippen molar-refractivity contribution in [2.45, 2.75) is 26.4 Å². The Morgan fingerprint density at radius 2 is 1.58 bits per heavy atom. The zero-order chi connectivity index (χ0) is 16.8. The quantitative estimate of drug-likeness (QED) is 0.646. The van der Waals surface area contributed by atoms with Gasteiger partial charge in [0.25, 0.3) is 0 Å². The SMILES string of the molecule is Cc1ccccc1CNCc1cc(Cc2ccccc2)cnc1Cl. The first kappa shape index (κ1) is 16.7. The molecule has 0 aliphatic heterocycles. The summed E-state index contributed by atoms with van der Waals surface area (Å²) in [7, 11) is 0. The molecule has 0 bridgehead atoms. The second-order valence-corrected chi connectivity index (χ2v) is 6.34. The van der Waals surface area contributed by atoms with Crippen LogP contribution < -0.4 is 5.32 Å². The van der Waals surface area contributed by atoms with Gasteiger partial charge >= 0.3 is 0 Å². The monoisotopic (exact) mass is 336 g/mol. The average molecular weight is 337 g/mol. The molecule has 24 heavy (non-hydrogen) atoms. The van der Waals surface area contributed by atoms with Gasteiger partial charge in [-0.05, 0) is 41.7 Å². The molecular formula is C21H21ClN2. The third kappa shape index (κ3) is 4.44. The van der Waals surface area contributed by atoms with Crippen LogP contribution in [0.3, 0.4) is 0 Å². The summed E-state index contributed by atoms with van der Waals surface area (Å²) in [4.78, 5) is 4.34. The summed E-state index contributed by atoms with van der Waals surface area (Å²) in [5, 5.41) is 4.04. The molecule has 3 rings (SSSR count). The normalized spacial score (nSPS) is 10.8. The van der Waals surface area contributed by atoms with Crippen LogP contribution in [0.25, 0.3) is 0 Å². The van der Waals surface area contributed by atoms with E-state index in [1.165, 1.54) is 22.3 Å². The van der Waals surface area contributed by atoms with Gasteiger partial charge in [0, 0.05) is 24.8 Å². The van der Waals surface area contributed by atoms with Gasteiger partial charge in [0.1, 0.15) is 5.15 Å². The number of pyridine rings is 1. The minimum atomic E-state index is 0.573. The standard InChI is InChI=1S/C21H21ClN2/c1-16-7-5-6-10-19(16)14-23-15-20-12-18(13-24-21(20)22)11-17-8-3-2-4-9-17/h2-10,12-13,23H,11,14-15H2,1H3. The number of benzene rings is 2. The molecule has 0 saturated heterocycles. The molecule has 0 unspecified atom stereocenters. The molecule has 3 heteroatoms. The summed E-state index contributed by atoms with van der Waals surface area (Å²) >= 11 is 6.26. The number of aryl methyl sites for hydroxylation is 1. The molecule has 122 valence electrons. The molecular weight excluding hydrogens is 316 g/mol. The van der Waals surface area contributed by atoms with Crippen LogP contribution in [0, 0.1) is 6.92 Å². The highest BCUT2D eigenvalue weighted by Gasteiger charge is 2.05. The van der Waals surface area contributed by atoms with Crippen LogP contribution >= 0.6 is 11.6 Å². The average Bonchev–Trinajstić information content (AvgIpc) is 2.60. The molecule has 2 aromatic carbocycles. The van der Waals surface area contributed by atoms with Gasteiger partial charge in [-0.1, -0.05) is 66.2 Å². The molecule has 0 aliphatic rings. The molecule has 2 nitrogen and oxygen atoms in total. The van der Waals surface area contributed by atoms with Crippen LogP contribution in [0.4, 0.5) is 0 Å². The molecule has 0 fully saturated rings. The molecule has 0 spiro atoms. The van der Waals surface area contributed by atoms with Gasteiger partial charge in [-0.15, -0.1) is 0 Å². The third-order valence-electron chi connectivity index (χ3n) is 4.11. The predicted octanol–water partition coefficient (Wildman–Crippen LogP) is 4.92. The van der Waals surface area contributed by atoms with Crippen molar-refractivity contribution in [3.8, 4) is 0 Å². The summed E-state index contributed by atoms with van der Waals surface area (Å²) < 4.78 is 0. The van der Waals surface area contributed by atoms with Crippen molar-refractivity contribution >= 4 is 11.6 Å². The van der Waals surface area contributed by atoms with Gasteiger partial charge < -0.3 is 5.32 Å². The van der Waals surface area contributed by atoms with Crippen LogP contribution in [0.5, 0.6) is 0 Å². The highest BCUT2D eigenvalue weighted by molar-refractivity contribution is 6.30. The fourth-order valence-electron chi connectivity index (χ4n) is 2.74. The molecule has 1 heterocycles.